The molecule has 4 heterocycles. The second-order valence-electron chi connectivity index (χ2n) is 9.37. The third-order valence-electron chi connectivity index (χ3n) is 5.71. The van der Waals surface area contributed by atoms with Crippen LogP contribution in [0.5, 0.6) is 0 Å². The normalized spacial score (nSPS) is 15.5. The van der Waals surface area contributed by atoms with Crippen LogP contribution in [-0.2, 0) is 11.3 Å². The molecule has 0 amide bonds. The number of benzene rings is 1. The van der Waals surface area contributed by atoms with Crippen molar-refractivity contribution in [1.29, 1.82) is 0 Å². The maximum atomic E-state index is 12.8. The zero-order valence-electron chi connectivity index (χ0n) is 19.1. The van der Waals surface area contributed by atoms with E-state index in [1.165, 1.54) is 0 Å². The van der Waals surface area contributed by atoms with Crippen molar-refractivity contribution in [3.8, 4) is 11.3 Å². The van der Waals surface area contributed by atoms with E-state index in [0.29, 0.717) is 22.9 Å². The first-order valence-corrected chi connectivity index (χ1v) is 11.5. The van der Waals surface area contributed by atoms with Crippen molar-refractivity contribution in [3.63, 3.8) is 0 Å². The molecule has 0 spiro atoms. The number of imidazole rings is 2. The van der Waals surface area contributed by atoms with Gasteiger partial charge in [-0.2, -0.15) is 0 Å². The highest BCUT2D eigenvalue weighted by atomic mass is 35.5. The highest BCUT2D eigenvalue weighted by Gasteiger charge is 2.24. The fourth-order valence-electron chi connectivity index (χ4n) is 4.16. The number of ether oxygens (including phenoxy) is 1. The van der Waals surface area contributed by atoms with Crippen LogP contribution in [0.1, 0.15) is 20.8 Å². The van der Waals surface area contributed by atoms with Crippen molar-refractivity contribution in [1.82, 2.24) is 28.8 Å². The van der Waals surface area contributed by atoms with Crippen LogP contribution in [0.3, 0.4) is 0 Å². The molecule has 0 unspecified atom stereocenters. The summed E-state index contributed by atoms with van der Waals surface area (Å²) in [6.07, 6.45) is 1.74. The Bertz CT molecular complexity index is 1340. The molecule has 174 valence electrons. The van der Waals surface area contributed by atoms with Crippen LogP contribution in [0.4, 0.5) is 5.82 Å². The number of hydrogen-bond donors (Lipinski definition) is 2. The van der Waals surface area contributed by atoms with Crippen molar-refractivity contribution < 1.29 is 4.74 Å². The Kier molecular flexibility index (Phi) is 5.64. The Labute approximate surface area is 196 Å². The summed E-state index contributed by atoms with van der Waals surface area (Å²) >= 11 is 6.12. The van der Waals surface area contributed by atoms with Crippen LogP contribution in [0.25, 0.3) is 28.2 Å². The van der Waals surface area contributed by atoms with E-state index in [2.05, 4.69) is 41.0 Å². The third kappa shape index (κ3) is 4.36. The molecule has 0 aliphatic carbocycles. The minimum Gasteiger partial charge on any atom is -0.379 e. The smallest absolute Gasteiger partial charge is 0.280 e. The van der Waals surface area contributed by atoms with Gasteiger partial charge in [0.2, 0.25) is 5.78 Å². The van der Waals surface area contributed by atoms with Gasteiger partial charge in [0.1, 0.15) is 11.5 Å². The Morgan fingerprint density at radius 3 is 2.58 bits per heavy atom. The minimum absolute atomic E-state index is 0.238. The molecule has 9 nitrogen and oxygen atoms in total. The number of rotatable bonds is 5. The number of anilines is 1. The number of hydrogen-bond acceptors (Lipinski definition) is 6. The summed E-state index contributed by atoms with van der Waals surface area (Å²) in [5, 5.41) is 4.25. The molecule has 3 aromatic heterocycles. The van der Waals surface area contributed by atoms with Gasteiger partial charge in [0, 0.05) is 42.3 Å². The summed E-state index contributed by atoms with van der Waals surface area (Å²) < 4.78 is 9.47. The third-order valence-corrected chi connectivity index (χ3v) is 5.96. The van der Waals surface area contributed by atoms with Gasteiger partial charge in [-0.25, -0.2) is 14.4 Å². The number of fused-ring (bicyclic) bond motifs is 3. The molecule has 5 rings (SSSR count). The monoisotopic (exact) mass is 469 g/mol. The van der Waals surface area contributed by atoms with Gasteiger partial charge < -0.3 is 14.6 Å². The molecular weight excluding hydrogens is 442 g/mol. The van der Waals surface area contributed by atoms with E-state index >= 15 is 0 Å². The quantitative estimate of drug-likeness (QED) is 0.466. The average molecular weight is 470 g/mol. The van der Waals surface area contributed by atoms with E-state index in [1.807, 2.05) is 33.2 Å². The van der Waals surface area contributed by atoms with Gasteiger partial charge in [0.05, 0.1) is 19.5 Å². The Morgan fingerprint density at radius 1 is 1.15 bits per heavy atom. The van der Waals surface area contributed by atoms with Gasteiger partial charge in [-0.15, -0.1) is 0 Å². The van der Waals surface area contributed by atoms with Crippen molar-refractivity contribution in [2.75, 3.05) is 38.2 Å². The Hall–Kier alpha value is -2.88. The molecule has 1 aliphatic rings. The average Bonchev–Trinajstić information content (AvgIpc) is 3.34. The molecule has 2 N–H and O–H groups in total. The zero-order valence-corrected chi connectivity index (χ0v) is 19.8. The van der Waals surface area contributed by atoms with Gasteiger partial charge >= 0.3 is 0 Å². The van der Waals surface area contributed by atoms with Crippen molar-refractivity contribution in [2.45, 2.75) is 32.9 Å². The summed E-state index contributed by atoms with van der Waals surface area (Å²) in [6.45, 7) is 11.2. The summed E-state index contributed by atoms with van der Waals surface area (Å²) in [5.41, 5.74) is 2.27. The topological polar surface area (TPSA) is 92.5 Å². The number of nitrogens with zero attached hydrogens (tertiary/aromatic N) is 5. The van der Waals surface area contributed by atoms with Crippen LogP contribution < -0.4 is 10.9 Å². The molecule has 0 radical (unpaired) electrons. The molecule has 0 bridgehead atoms. The number of aromatic amines is 1. The molecule has 0 atom stereocenters. The van der Waals surface area contributed by atoms with Crippen molar-refractivity contribution in [3.05, 3.63) is 46.0 Å². The summed E-state index contributed by atoms with van der Waals surface area (Å²) in [6, 6.07) is 7.55. The summed E-state index contributed by atoms with van der Waals surface area (Å²) in [4.78, 5) is 27.4. The molecule has 10 heteroatoms. The van der Waals surface area contributed by atoms with Crippen LogP contribution in [-0.4, -0.2) is 67.2 Å². The highest BCUT2D eigenvalue weighted by molar-refractivity contribution is 6.30. The highest BCUT2D eigenvalue weighted by Crippen LogP contribution is 2.32. The first-order valence-electron chi connectivity index (χ1n) is 11.1. The maximum Gasteiger partial charge on any atom is 0.280 e. The fraction of sp³-hybridized carbons (Fsp3) is 0.435. The van der Waals surface area contributed by atoms with E-state index < -0.39 is 0 Å². The molecule has 1 aliphatic heterocycles. The van der Waals surface area contributed by atoms with E-state index in [1.54, 1.807) is 6.33 Å². The number of H-pyrrole nitrogens is 1. The minimum atomic E-state index is -0.252. The first kappa shape index (κ1) is 21.9. The number of nitrogens with one attached hydrogen (secondary N) is 2. The lowest BCUT2D eigenvalue weighted by Crippen LogP contribution is -2.38. The van der Waals surface area contributed by atoms with Crippen LogP contribution in [0.2, 0.25) is 5.02 Å². The first-order chi connectivity index (χ1) is 15.8. The summed E-state index contributed by atoms with van der Waals surface area (Å²) in [7, 11) is 0. The Morgan fingerprint density at radius 2 is 1.88 bits per heavy atom. The van der Waals surface area contributed by atoms with E-state index in [0.717, 1.165) is 55.6 Å². The van der Waals surface area contributed by atoms with E-state index in [9.17, 15) is 4.79 Å². The van der Waals surface area contributed by atoms with Crippen LogP contribution in [0.15, 0.2) is 35.4 Å². The lowest BCUT2D eigenvalue weighted by molar-refractivity contribution is 0.0365. The largest absolute Gasteiger partial charge is 0.379 e. The molecule has 1 saturated heterocycles. The SMILES string of the molecule is CC(C)(C)Nc1c(-c2ccc(Cl)cc2)nc2[nH]c(=O)c3ncn(CCN4CCOCC4)c3n12. The van der Waals surface area contributed by atoms with Gasteiger partial charge in [-0.3, -0.25) is 14.7 Å². The number of halogens is 1. The molecule has 1 aromatic carbocycles. The van der Waals surface area contributed by atoms with Gasteiger partial charge in [0.15, 0.2) is 11.2 Å². The summed E-state index contributed by atoms with van der Waals surface area (Å²) in [5.74, 6) is 1.27. The second kappa shape index (κ2) is 8.48. The number of aromatic nitrogens is 5. The molecule has 4 aromatic rings. The lowest BCUT2D eigenvalue weighted by Gasteiger charge is -2.26. The molecule has 1 fully saturated rings. The van der Waals surface area contributed by atoms with Gasteiger partial charge in [-0.1, -0.05) is 23.7 Å². The van der Waals surface area contributed by atoms with Crippen LogP contribution >= 0.6 is 11.6 Å². The molecular formula is C23H28ClN7O2. The molecule has 33 heavy (non-hydrogen) atoms. The predicted molar refractivity (Wildman–Crippen MR) is 130 cm³/mol. The predicted octanol–water partition coefficient (Wildman–Crippen LogP) is 3.24. The Balaban J connectivity index is 1.69. The van der Waals surface area contributed by atoms with Crippen molar-refractivity contribution >= 4 is 34.4 Å². The molecule has 0 saturated carbocycles. The van der Waals surface area contributed by atoms with Crippen LogP contribution in [0, 0.1) is 0 Å². The fourth-order valence-corrected chi connectivity index (χ4v) is 4.28. The van der Waals surface area contributed by atoms with E-state index in [4.69, 9.17) is 21.3 Å². The standard InChI is InChI=1S/C23H28ClN7O2/c1-23(2,3)28-19-17(15-4-6-16(24)7-5-15)26-22-27-20(32)18-21(31(19)22)30(14-25-18)9-8-29-10-12-33-13-11-29/h4-7,14,28H,8-13H2,1-3H3,(H,26,27,32). The van der Waals surface area contributed by atoms with Gasteiger partial charge in [-0.05, 0) is 32.9 Å². The van der Waals surface area contributed by atoms with E-state index in [-0.39, 0.29) is 11.1 Å². The zero-order chi connectivity index (χ0) is 23.2. The number of morpholine rings is 1. The maximum absolute atomic E-state index is 12.8. The van der Waals surface area contributed by atoms with Gasteiger partial charge in [0.25, 0.3) is 5.56 Å². The lowest BCUT2D eigenvalue weighted by atomic mass is 10.1. The van der Waals surface area contributed by atoms with Crippen molar-refractivity contribution in [2.24, 2.45) is 0 Å². The second-order valence-corrected chi connectivity index (χ2v) is 9.80.